The van der Waals surface area contributed by atoms with Gasteiger partial charge in [0.15, 0.2) is 5.69 Å². The largest absolute Gasteiger partial charge is 0.505 e. The molecule has 1 aromatic rings. The Balaban J connectivity index is 1.90. The number of pyridine rings is 1. The maximum Gasteiger partial charge on any atom is 0.273 e. The molecule has 86 valence electrons. The summed E-state index contributed by atoms with van der Waals surface area (Å²) >= 11 is 0. The summed E-state index contributed by atoms with van der Waals surface area (Å²) in [7, 11) is 0. The second-order valence-electron chi connectivity index (χ2n) is 4.08. The highest BCUT2D eigenvalue weighted by atomic mass is 16.3. The molecule has 5 nitrogen and oxygen atoms in total. The first-order chi connectivity index (χ1) is 7.68. The quantitative estimate of drug-likeness (QED) is 0.680. The average Bonchev–Trinajstić information content (AvgIpc) is 3.10. The van der Waals surface area contributed by atoms with E-state index in [-0.39, 0.29) is 23.4 Å². The molecule has 16 heavy (non-hydrogen) atoms. The van der Waals surface area contributed by atoms with Crippen LogP contribution in [0.15, 0.2) is 18.3 Å². The molecule has 1 aromatic heterocycles. The molecule has 1 heterocycles. The van der Waals surface area contributed by atoms with Gasteiger partial charge in [-0.3, -0.25) is 4.79 Å². The van der Waals surface area contributed by atoms with E-state index in [1.54, 1.807) is 6.07 Å². The standard InChI is InChI=1S/C11H15N3O2/c12-8(7-3-4-7)6-14-11(16)10-9(15)2-1-5-13-10/h1-2,5,7-8,15H,3-4,6,12H2,(H,14,16). The highest BCUT2D eigenvalue weighted by Gasteiger charge is 2.28. The van der Waals surface area contributed by atoms with Gasteiger partial charge in [0.05, 0.1) is 0 Å². The minimum Gasteiger partial charge on any atom is -0.505 e. The second kappa shape index (κ2) is 4.49. The normalized spacial score (nSPS) is 16.8. The summed E-state index contributed by atoms with van der Waals surface area (Å²) in [6.07, 6.45) is 3.76. The van der Waals surface area contributed by atoms with E-state index in [1.807, 2.05) is 0 Å². The van der Waals surface area contributed by atoms with Gasteiger partial charge in [0.25, 0.3) is 5.91 Å². The lowest BCUT2D eigenvalue weighted by Crippen LogP contribution is -2.38. The van der Waals surface area contributed by atoms with Gasteiger partial charge in [-0.2, -0.15) is 0 Å². The highest BCUT2D eigenvalue weighted by molar-refractivity contribution is 5.94. The molecule has 0 bridgehead atoms. The topological polar surface area (TPSA) is 88.2 Å². The van der Waals surface area contributed by atoms with Gasteiger partial charge in [-0.1, -0.05) is 0 Å². The van der Waals surface area contributed by atoms with Crippen LogP contribution >= 0.6 is 0 Å². The maximum absolute atomic E-state index is 11.6. The van der Waals surface area contributed by atoms with Crippen molar-refractivity contribution in [2.24, 2.45) is 11.7 Å². The monoisotopic (exact) mass is 221 g/mol. The van der Waals surface area contributed by atoms with Crippen molar-refractivity contribution in [2.75, 3.05) is 6.54 Å². The van der Waals surface area contributed by atoms with Crippen LogP contribution in [0.2, 0.25) is 0 Å². The van der Waals surface area contributed by atoms with Crippen LogP contribution in [-0.2, 0) is 0 Å². The van der Waals surface area contributed by atoms with Crippen molar-refractivity contribution in [1.29, 1.82) is 0 Å². The van der Waals surface area contributed by atoms with Gasteiger partial charge < -0.3 is 16.2 Å². The van der Waals surface area contributed by atoms with Crippen LogP contribution in [0.4, 0.5) is 0 Å². The number of aromatic hydroxyl groups is 1. The third-order valence-electron chi connectivity index (χ3n) is 2.73. The van der Waals surface area contributed by atoms with E-state index in [0.29, 0.717) is 12.5 Å². The number of carbonyl (C=O) groups excluding carboxylic acids is 1. The smallest absolute Gasteiger partial charge is 0.273 e. The summed E-state index contributed by atoms with van der Waals surface area (Å²) in [5.74, 6) is 0.0480. The van der Waals surface area contributed by atoms with Crippen LogP contribution < -0.4 is 11.1 Å². The Morgan fingerprint density at radius 2 is 2.44 bits per heavy atom. The summed E-state index contributed by atoms with van der Waals surface area (Å²) < 4.78 is 0. The molecular weight excluding hydrogens is 206 g/mol. The van der Waals surface area contributed by atoms with E-state index in [0.717, 1.165) is 12.8 Å². The first kappa shape index (κ1) is 10.9. The predicted octanol–water partition coefficient (Wildman–Crippen LogP) is 0.254. The molecule has 1 atom stereocenters. The van der Waals surface area contributed by atoms with E-state index in [1.165, 1.54) is 12.3 Å². The summed E-state index contributed by atoms with van der Waals surface area (Å²) in [6.45, 7) is 0.430. The summed E-state index contributed by atoms with van der Waals surface area (Å²) in [5.41, 5.74) is 5.89. The summed E-state index contributed by atoms with van der Waals surface area (Å²) in [6, 6.07) is 3.01. The van der Waals surface area contributed by atoms with Crippen molar-refractivity contribution in [3.8, 4) is 5.75 Å². The van der Waals surface area contributed by atoms with Gasteiger partial charge in [-0.15, -0.1) is 0 Å². The Labute approximate surface area is 93.7 Å². The fourth-order valence-corrected chi connectivity index (χ4v) is 1.56. The van der Waals surface area contributed by atoms with Crippen molar-refractivity contribution >= 4 is 5.91 Å². The zero-order chi connectivity index (χ0) is 11.5. The Morgan fingerprint density at radius 3 is 3.06 bits per heavy atom. The maximum atomic E-state index is 11.6. The Morgan fingerprint density at radius 1 is 1.69 bits per heavy atom. The summed E-state index contributed by atoms with van der Waals surface area (Å²) in [4.78, 5) is 15.4. The van der Waals surface area contributed by atoms with Crippen LogP contribution in [0, 0.1) is 5.92 Å². The van der Waals surface area contributed by atoms with Crippen LogP contribution in [0.3, 0.4) is 0 Å². The number of hydrogen-bond acceptors (Lipinski definition) is 4. The van der Waals surface area contributed by atoms with Crippen molar-refractivity contribution in [1.82, 2.24) is 10.3 Å². The summed E-state index contributed by atoms with van der Waals surface area (Å²) in [5, 5.41) is 12.1. The molecule has 1 fully saturated rings. The molecule has 0 spiro atoms. The SMILES string of the molecule is NC(CNC(=O)c1ncccc1O)C1CC1. The molecule has 5 heteroatoms. The van der Waals surface area contributed by atoms with Crippen LogP contribution in [0.25, 0.3) is 0 Å². The van der Waals surface area contributed by atoms with E-state index in [9.17, 15) is 9.90 Å². The van der Waals surface area contributed by atoms with Crippen molar-refractivity contribution in [2.45, 2.75) is 18.9 Å². The number of nitrogens with one attached hydrogen (secondary N) is 1. The first-order valence-electron chi connectivity index (χ1n) is 5.36. The first-order valence-corrected chi connectivity index (χ1v) is 5.36. The number of hydrogen-bond donors (Lipinski definition) is 3. The molecule has 2 rings (SSSR count). The predicted molar refractivity (Wildman–Crippen MR) is 58.9 cm³/mol. The van der Waals surface area contributed by atoms with Gasteiger partial charge in [-0.05, 0) is 30.9 Å². The molecule has 0 radical (unpaired) electrons. The fraction of sp³-hybridized carbons (Fsp3) is 0.455. The number of nitrogens with two attached hydrogens (primary N) is 1. The molecule has 1 amide bonds. The number of rotatable bonds is 4. The third-order valence-corrected chi connectivity index (χ3v) is 2.73. The third kappa shape index (κ3) is 2.49. The number of aromatic nitrogens is 1. The molecule has 0 saturated heterocycles. The van der Waals surface area contributed by atoms with Crippen LogP contribution in [-0.4, -0.2) is 28.6 Å². The number of amides is 1. The molecule has 0 aliphatic heterocycles. The second-order valence-corrected chi connectivity index (χ2v) is 4.08. The molecule has 0 aromatic carbocycles. The zero-order valence-electron chi connectivity index (χ0n) is 8.89. The van der Waals surface area contributed by atoms with Gasteiger partial charge in [-0.25, -0.2) is 4.98 Å². The van der Waals surface area contributed by atoms with Crippen molar-refractivity contribution < 1.29 is 9.90 Å². The minimum absolute atomic E-state index is 0.00908. The molecule has 1 unspecified atom stereocenters. The molecule has 1 aliphatic rings. The molecule has 1 saturated carbocycles. The highest BCUT2D eigenvalue weighted by Crippen LogP contribution is 2.31. The average molecular weight is 221 g/mol. The van der Waals surface area contributed by atoms with Gasteiger partial charge >= 0.3 is 0 Å². The van der Waals surface area contributed by atoms with E-state index in [2.05, 4.69) is 10.3 Å². The van der Waals surface area contributed by atoms with Gasteiger partial charge in [0.1, 0.15) is 5.75 Å². The number of carbonyl (C=O) groups is 1. The Kier molecular flexibility index (Phi) is 3.05. The fourth-order valence-electron chi connectivity index (χ4n) is 1.56. The van der Waals surface area contributed by atoms with Gasteiger partial charge in [0.2, 0.25) is 0 Å². The Hall–Kier alpha value is -1.62. The lowest BCUT2D eigenvalue weighted by atomic mass is 10.2. The molecular formula is C11H15N3O2. The van der Waals surface area contributed by atoms with Crippen LogP contribution in [0.1, 0.15) is 23.3 Å². The van der Waals surface area contributed by atoms with E-state index in [4.69, 9.17) is 5.73 Å². The zero-order valence-corrected chi connectivity index (χ0v) is 8.89. The lowest BCUT2D eigenvalue weighted by Gasteiger charge is -2.11. The van der Waals surface area contributed by atoms with E-state index < -0.39 is 0 Å². The lowest BCUT2D eigenvalue weighted by molar-refractivity contribution is 0.0942. The van der Waals surface area contributed by atoms with Crippen LogP contribution in [0.5, 0.6) is 5.75 Å². The Bertz CT molecular complexity index is 391. The minimum atomic E-state index is -0.380. The van der Waals surface area contributed by atoms with E-state index >= 15 is 0 Å². The van der Waals surface area contributed by atoms with Crippen molar-refractivity contribution in [3.05, 3.63) is 24.0 Å². The number of nitrogens with zero attached hydrogens (tertiary/aromatic N) is 1. The van der Waals surface area contributed by atoms with Crippen molar-refractivity contribution in [3.63, 3.8) is 0 Å². The van der Waals surface area contributed by atoms with Gasteiger partial charge in [0, 0.05) is 18.8 Å². The molecule has 1 aliphatic carbocycles. The molecule has 4 N–H and O–H groups in total.